The molecule has 0 unspecified atom stereocenters. The van der Waals surface area contributed by atoms with Crippen molar-refractivity contribution in [2.45, 2.75) is 44.9 Å². The standard InChI is InChI=1S/C15H27N3O3S/c19-15(16-8-4-5-9-16)14-6-12-18(13-7-14)22(20,21)17-10-2-1-3-11-17/h14H,1-13H2. The second-order valence-corrected chi connectivity index (χ2v) is 8.60. The molecule has 0 aromatic rings. The Hall–Kier alpha value is -0.660. The van der Waals surface area contributed by atoms with Gasteiger partial charge in [-0.15, -0.1) is 0 Å². The second-order valence-electron chi connectivity index (χ2n) is 6.67. The van der Waals surface area contributed by atoms with E-state index in [1.807, 2.05) is 4.90 Å². The number of carbonyl (C=O) groups is 1. The third kappa shape index (κ3) is 3.31. The van der Waals surface area contributed by atoms with E-state index in [0.717, 1.165) is 45.2 Å². The van der Waals surface area contributed by atoms with Gasteiger partial charge in [0.1, 0.15) is 0 Å². The van der Waals surface area contributed by atoms with Crippen LogP contribution in [0.5, 0.6) is 0 Å². The molecule has 3 aliphatic rings. The van der Waals surface area contributed by atoms with Gasteiger partial charge in [0.05, 0.1) is 0 Å². The highest BCUT2D eigenvalue weighted by Crippen LogP contribution is 2.25. The smallest absolute Gasteiger partial charge is 0.281 e. The van der Waals surface area contributed by atoms with E-state index in [2.05, 4.69) is 0 Å². The van der Waals surface area contributed by atoms with Crippen LogP contribution >= 0.6 is 0 Å². The van der Waals surface area contributed by atoms with Crippen LogP contribution in [0.3, 0.4) is 0 Å². The summed E-state index contributed by atoms with van der Waals surface area (Å²) in [6.45, 7) is 4.03. The fourth-order valence-corrected chi connectivity index (χ4v) is 5.51. The van der Waals surface area contributed by atoms with Gasteiger partial charge >= 0.3 is 0 Å². The lowest BCUT2D eigenvalue weighted by Gasteiger charge is -2.36. The minimum Gasteiger partial charge on any atom is -0.342 e. The number of rotatable bonds is 3. The average molecular weight is 329 g/mol. The minimum atomic E-state index is -3.31. The van der Waals surface area contributed by atoms with Gasteiger partial charge in [0.25, 0.3) is 10.2 Å². The van der Waals surface area contributed by atoms with E-state index in [-0.39, 0.29) is 11.8 Å². The Morgan fingerprint density at radius 1 is 0.727 bits per heavy atom. The van der Waals surface area contributed by atoms with Crippen LogP contribution in [-0.4, -0.2) is 67.1 Å². The van der Waals surface area contributed by atoms with Crippen LogP contribution in [-0.2, 0) is 15.0 Å². The Kier molecular flexibility index (Phi) is 5.04. The van der Waals surface area contributed by atoms with Gasteiger partial charge in [0.15, 0.2) is 0 Å². The number of amides is 1. The van der Waals surface area contributed by atoms with Gasteiger partial charge in [-0.1, -0.05) is 6.42 Å². The van der Waals surface area contributed by atoms with Crippen molar-refractivity contribution in [2.75, 3.05) is 39.3 Å². The molecule has 6 nitrogen and oxygen atoms in total. The quantitative estimate of drug-likeness (QED) is 0.778. The lowest BCUT2D eigenvalue weighted by Crippen LogP contribution is -2.50. The Bertz CT molecular complexity index is 488. The number of piperidine rings is 2. The van der Waals surface area contributed by atoms with E-state index in [1.165, 1.54) is 0 Å². The SMILES string of the molecule is O=C(C1CCN(S(=O)(=O)N2CCCCC2)CC1)N1CCCC1. The molecule has 3 aliphatic heterocycles. The van der Waals surface area contributed by atoms with Crippen molar-refractivity contribution in [3.8, 4) is 0 Å². The van der Waals surface area contributed by atoms with Crippen molar-refractivity contribution in [1.82, 2.24) is 13.5 Å². The Balaban J connectivity index is 1.55. The number of likely N-dealkylation sites (tertiary alicyclic amines) is 1. The monoisotopic (exact) mass is 329 g/mol. The lowest BCUT2D eigenvalue weighted by molar-refractivity contribution is -0.135. The second kappa shape index (κ2) is 6.84. The number of nitrogens with zero attached hydrogens (tertiary/aromatic N) is 3. The van der Waals surface area contributed by atoms with Gasteiger partial charge in [0, 0.05) is 45.2 Å². The summed E-state index contributed by atoms with van der Waals surface area (Å²) in [4.78, 5) is 14.4. The Labute approximate surface area is 133 Å². The van der Waals surface area contributed by atoms with Gasteiger partial charge in [0.2, 0.25) is 5.91 Å². The molecule has 3 fully saturated rings. The average Bonchev–Trinajstić information content (AvgIpc) is 3.09. The third-order valence-corrected chi connectivity index (χ3v) is 7.22. The van der Waals surface area contributed by atoms with E-state index in [0.29, 0.717) is 39.0 Å². The summed E-state index contributed by atoms with van der Waals surface area (Å²) in [5.41, 5.74) is 0. The first-order chi connectivity index (χ1) is 10.6. The topological polar surface area (TPSA) is 60.9 Å². The molecule has 22 heavy (non-hydrogen) atoms. The maximum Gasteiger partial charge on any atom is 0.281 e. The van der Waals surface area contributed by atoms with Crippen molar-refractivity contribution < 1.29 is 13.2 Å². The van der Waals surface area contributed by atoms with Gasteiger partial charge in [-0.2, -0.15) is 17.0 Å². The molecule has 126 valence electrons. The van der Waals surface area contributed by atoms with Crippen LogP contribution in [0, 0.1) is 5.92 Å². The lowest BCUT2D eigenvalue weighted by atomic mass is 9.97. The minimum absolute atomic E-state index is 0.0194. The zero-order valence-corrected chi connectivity index (χ0v) is 14.1. The molecule has 0 saturated carbocycles. The summed E-state index contributed by atoms with van der Waals surface area (Å²) in [7, 11) is -3.31. The highest BCUT2D eigenvalue weighted by molar-refractivity contribution is 7.86. The van der Waals surface area contributed by atoms with Crippen molar-refractivity contribution >= 4 is 16.1 Å². The van der Waals surface area contributed by atoms with Gasteiger partial charge in [-0.05, 0) is 38.5 Å². The highest BCUT2D eigenvalue weighted by Gasteiger charge is 2.36. The molecule has 0 aromatic heterocycles. The molecule has 0 aromatic carbocycles. The molecule has 0 spiro atoms. The summed E-state index contributed by atoms with van der Waals surface area (Å²) >= 11 is 0. The molecule has 7 heteroatoms. The summed E-state index contributed by atoms with van der Waals surface area (Å²) in [6.07, 6.45) is 6.59. The van der Waals surface area contributed by atoms with E-state index in [9.17, 15) is 13.2 Å². The van der Waals surface area contributed by atoms with Gasteiger partial charge in [-0.25, -0.2) is 0 Å². The fraction of sp³-hybridized carbons (Fsp3) is 0.933. The third-order valence-electron chi connectivity index (χ3n) is 5.19. The van der Waals surface area contributed by atoms with Crippen LogP contribution < -0.4 is 0 Å². The zero-order chi connectivity index (χ0) is 15.6. The molecule has 3 saturated heterocycles. The van der Waals surface area contributed by atoms with Gasteiger partial charge in [-0.3, -0.25) is 4.79 Å². The summed E-state index contributed by atoms with van der Waals surface area (Å²) in [5.74, 6) is 0.262. The molecular weight excluding hydrogens is 302 g/mol. The van der Waals surface area contributed by atoms with E-state index >= 15 is 0 Å². The molecule has 0 N–H and O–H groups in total. The number of hydrogen-bond donors (Lipinski definition) is 0. The molecular formula is C15H27N3O3S. The van der Waals surface area contributed by atoms with Crippen LogP contribution in [0.2, 0.25) is 0 Å². The normalized spacial score (nSPS) is 26.5. The molecule has 0 atom stereocenters. The molecule has 0 bridgehead atoms. The van der Waals surface area contributed by atoms with E-state index in [1.54, 1.807) is 8.61 Å². The molecule has 1 amide bonds. The first kappa shape index (κ1) is 16.2. The first-order valence-electron chi connectivity index (χ1n) is 8.63. The number of hydrogen-bond acceptors (Lipinski definition) is 3. The van der Waals surface area contributed by atoms with Crippen molar-refractivity contribution in [3.63, 3.8) is 0 Å². The van der Waals surface area contributed by atoms with Crippen LogP contribution in [0.15, 0.2) is 0 Å². The van der Waals surface area contributed by atoms with Gasteiger partial charge < -0.3 is 4.90 Å². The Morgan fingerprint density at radius 2 is 1.23 bits per heavy atom. The van der Waals surface area contributed by atoms with Crippen LogP contribution in [0.25, 0.3) is 0 Å². The molecule has 3 rings (SSSR count). The van der Waals surface area contributed by atoms with E-state index in [4.69, 9.17) is 0 Å². The van der Waals surface area contributed by atoms with Crippen molar-refractivity contribution in [2.24, 2.45) is 5.92 Å². The first-order valence-corrected chi connectivity index (χ1v) is 10.0. The predicted molar refractivity (Wildman–Crippen MR) is 84.5 cm³/mol. The Morgan fingerprint density at radius 3 is 1.82 bits per heavy atom. The van der Waals surface area contributed by atoms with Crippen LogP contribution in [0.1, 0.15) is 44.9 Å². The summed E-state index contributed by atoms with van der Waals surface area (Å²) in [6, 6.07) is 0. The van der Waals surface area contributed by atoms with E-state index < -0.39 is 10.2 Å². The molecule has 3 heterocycles. The summed E-state index contributed by atoms with van der Waals surface area (Å²) in [5, 5.41) is 0. The highest BCUT2D eigenvalue weighted by atomic mass is 32.2. The fourth-order valence-electron chi connectivity index (χ4n) is 3.79. The van der Waals surface area contributed by atoms with Crippen molar-refractivity contribution in [3.05, 3.63) is 0 Å². The molecule has 0 aliphatic carbocycles. The summed E-state index contributed by atoms with van der Waals surface area (Å²) < 4.78 is 28.5. The predicted octanol–water partition coefficient (Wildman–Crippen LogP) is 1.05. The number of carbonyl (C=O) groups excluding carboxylic acids is 1. The van der Waals surface area contributed by atoms with Crippen molar-refractivity contribution in [1.29, 1.82) is 0 Å². The maximum absolute atomic E-state index is 12.6. The van der Waals surface area contributed by atoms with Crippen LogP contribution in [0.4, 0.5) is 0 Å². The maximum atomic E-state index is 12.6. The zero-order valence-electron chi connectivity index (χ0n) is 13.2. The largest absolute Gasteiger partial charge is 0.342 e. The molecule has 0 radical (unpaired) electrons.